The average Bonchev–Trinajstić information content (AvgIpc) is 2.45. The lowest BCUT2D eigenvalue weighted by Gasteiger charge is -2.15. The number of benzene rings is 2. The number of nitrogens with one attached hydrogen (secondary N) is 1. The van der Waals surface area contributed by atoms with Crippen LogP contribution >= 0.6 is 0 Å². The Labute approximate surface area is 125 Å². The van der Waals surface area contributed by atoms with Crippen molar-refractivity contribution in [1.82, 2.24) is 0 Å². The van der Waals surface area contributed by atoms with Crippen LogP contribution in [-0.4, -0.2) is 13.2 Å². The van der Waals surface area contributed by atoms with Gasteiger partial charge in [0.15, 0.2) is 0 Å². The lowest BCUT2D eigenvalue weighted by atomic mass is 10.2. The highest BCUT2D eigenvalue weighted by Gasteiger charge is 2.08. The minimum atomic E-state index is 0.603. The van der Waals surface area contributed by atoms with Gasteiger partial charge in [-0.1, -0.05) is 6.07 Å². The molecule has 0 radical (unpaired) electrons. The van der Waals surface area contributed by atoms with Crippen molar-refractivity contribution >= 4 is 17.1 Å². The molecule has 2 aromatic carbocycles. The van der Waals surface area contributed by atoms with E-state index in [-0.39, 0.29) is 0 Å². The van der Waals surface area contributed by atoms with Gasteiger partial charge in [-0.2, -0.15) is 0 Å². The molecule has 3 N–H and O–H groups in total. The highest BCUT2D eigenvalue weighted by atomic mass is 16.5. The van der Waals surface area contributed by atoms with E-state index < -0.39 is 0 Å². The molecule has 4 nitrogen and oxygen atoms in total. The molecule has 0 amide bonds. The third-order valence-electron chi connectivity index (χ3n) is 3.04. The molecular weight excluding hydrogens is 264 g/mol. The first kappa shape index (κ1) is 15.0. The van der Waals surface area contributed by atoms with E-state index in [0.717, 1.165) is 28.4 Å². The second-order valence-corrected chi connectivity index (χ2v) is 4.74. The summed E-state index contributed by atoms with van der Waals surface area (Å²) in [5.74, 6) is 1.58. The van der Waals surface area contributed by atoms with Gasteiger partial charge in [0.1, 0.15) is 11.5 Å². The number of ether oxygens (including phenoxy) is 2. The van der Waals surface area contributed by atoms with Crippen LogP contribution in [0.4, 0.5) is 17.1 Å². The number of anilines is 3. The van der Waals surface area contributed by atoms with Crippen molar-refractivity contribution in [1.29, 1.82) is 0 Å². The fraction of sp³-hybridized carbons (Fsp3) is 0.294. The number of hydrogen-bond acceptors (Lipinski definition) is 4. The summed E-state index contributed by atoms with van der Waals surface area (Å²) < 4.78 is 11.2. The standard InChI is InChI=1S/C17H22N2O2/c1-4-20-13-7-9-17(21-5-2)16(11-13)19-15-8-6-12(3)10-14(15)18/h6-11,19H,4-5,18H2,1-3H3. The van der Waals surface area contributed by atoms with E-state index in [1.54, 1.807) is 0 Å². The van der Waals surface area contributed by atoms with E-state index in [4.69, 9.17) is 15.2 Å². The van der Waals surface area contributed by atoms with Crippen LogP contribution in [0.15, 0.2) is 36.4 Å². The van der Waals surface area contributed by atoms with Crippen LogP contribution in [0, 0.1) is 6.92 Å². The second kappa shape index (κ2) is 6.88. The highest BCUT2D eigenvalue weighted by Crippen LogP contribution is 2.33. The fourth-order valence-corrected chi connectivity index (χ4v) is 2.09. The molecule has 2 aromatic rings. The lowest BCUT2D eigenvalue weighted by Crippen LogP contribution is -2.01. The Hall–Kier alpha value is -2.36. The maximum Gasteiger partial charge on any atom is 0.142 e. The second-order valence-electron chi connectivity index (χ2n) is 4.74. The van der Waals surface area contributed by atoms with Crippen molar-refractivity contribution in [3.8, 4) is 11.5 Å². The first-order valence-electron chi connectivity index (χ1n) is 7.16. The molecule has 0 atom stereocenters. The zero-order valence-electron chi connectivity index (χ0n) is 12.8. The van der Waals surface area contributed by atoms with E-state index in [2.05, 4.69) is 5.32 Å². The van der Waals surface area contributed by atoms with Gasteiger partial charge in [0.25, 0.3) is 0 Å². The van der Waals surface area contributed by atoms with Gasteiger partial charge in [0, 0.05) is 6.07 Å². The molecule has 4 heteroatoms. The van der Waals surface area contributed by atoms with Crippen molar-refractivity contribution in [3.63, 3.8) is 0 Å². The van der Waals surface area contributed by atoms with Crippen molar-refractivity contribution in [2.75, 3.05) is 24.3 Å². The molecule has 112 valence electrons. The first-order chi connectivity index (χ1) is 10.1. The van der Waals surface area contributed by atoms with E-state index in [0.29, 0.717) is 18.9 Å². The molecule has 0 saturated heterocycles. The Morgan fingerprint density at radius 2 is 1.71 bits per heavy atom. The van der Waals surface area contributed by atoms with Crippen LogP contribution in [0.3, 0.4) is 0 Å². The van der Waals surface area contributed by atoms with Crippen LogP contribution in [0.1, 0.15) is 19.4 Å². The number of nitrogen functional groups attached to an aromatic ring is 1. The summed E-state index contributed by atoms with van der Waals surface area (Å²) in [6, 6.07) is 11.7. The molecule has 0 unspecified atom stereocenters. The molecule has 0 spiro atoms. The average molecular weight is 286 g/mol. The van der Waals surface area contributed by atoms with E-state index >= 15 is 0 Å². The SMILES string of the molecule is CCOc1ccc(OCC)c(Nc2ccc(C)cc2N)c1. The summed E-state index contributed by atoms with van der Waals surface area (Å²) in [6.07, 6.45) is 0. The van der Waals surface area contributed by atoms with Crippen LogP contribution in [-0.2, 0) is 0 Å². The molecule has 0 aliphatic rings. The third-order valence-corrected chi connectivity index (χ3v) is 3.04. The molecular formula is C17H22N2O2. The minimum Gasteiger partial charge on any atom is -0.494 e. The van der Waals surface area contributed by atoms with Crippen molar-refractivity contribution < 1.29 is 9.47 Å². The summed E-state index contributed by atoms with van der Waals surface area (Å²) in [6.45, 7) is 7.16. The summed E-state index contributed by atoms with van der Waals surface area (Å²) >= 11 is 0. The Morgan fingerprint density at radius 3 is 2.38 bits per heavy atom. The summed E-state index contributed by atoms with van der Waals surface area (Å²) in [7, 11) is 0. The smallest absolute Gasteiger partial charge is 0.142 e. The quantitative estimate of drug-likeness (QED) is 0.784. The molecule has 0 fully saturated rings. The zero-order valence-corrected chi connectivity index (χ0v) is 12.8. The lowest BCUT2D eigenvalue weighted by molar-refractivity contribution is 0.332. The molecule has 0 aromatic heterocycles. The summed E-state index contributed by atoms with van der Waals surface area (Å²) in [5.41, 5.74) is 9.60. The number of rotatable bonds is 6. The van der Waals surface area contributed by atoms with E-state index in [9.17, 15) is 0 Å². The Morgan fingerprint density at radius 1 is 0.952 bits per heavy atom. The van der Waals surface area contributed by atoms with Gasteiger partial charge in [0.05, 0.1) is 30.3 Å². The summed E-state index contributed by atoms with van der Waals surface area (Å²) in [4.78, 5) is 0. The van der Waals surface area contributed by atoms with Crippen molar-refractivity contribution in [2.45, 2.75) is 20.8 Å². The number of nitrogens with two attached hydrogens (primary N) is 1. The summed E-state index contributed by atoms with van der Waals surface area (Å²) in [5, 5.41) is 3.32. The number of aryl methyl sites for hydroxylation is 1. The van der Waals surface area contributed by atoms with Crippen molar-refractivity contribution in [3.05, 3.63) is 42.0 Å². The first-order valence-corrected chi connectivity index (χ1v) is 7.16. The van der Waals surface area contributed by atoms with E-state index in [1.807, 2.05) is 57.2 Å². The van der Waals surface area contributed by atoms with Crippen molar-refractivity contribution in [2.24, 2.45) is 0 Å². The van der Waals surface area contributed by atoms with Gasteiger partial charge in [-0.15, -0.1) is 0 Å². The molecule has 0 aliphatic carbocycles. The molecule has 21 heavy (non-hydrogen) atoms. The van der Waals surface area contributed by atoms with Gasteiger partial charge in [-0.05, 0) is 50.6 Å². The molecule has 0 aliphatic heterocycles. The zero-order chi connectivity index (χ0) is 15.2. The molecule has 0 heterocycles. The van der Waals surface area contributed by atoms with Crippen LogP contribution in [0.2, 0.25) is 0 Å². The predicted molar refractivity (Wildman–Crippen MR) is 87.7 cm³/mol. The Balaban J connectivity index is 2.33. The van der Waals surface area contributed by atoms with Crippen LogP contribution < -0.4 is 20.5 Å². The highest BCUT2D eigenvalue weighted by molar-refractivity contribution is 5.76. The topological polar surface area (TPSA) is 56.5 Å². The molecule has 0 saturated carbocycles. The Kier molecular flexibility index (Phi) is 4.93. The monoisotopic (exact) mass is 286 g/mol. The van der Waals surface area contributed by atoms with Gasteiger partial charge >= 0.3 is 0 Å². The van der Waals surface area contributed by atoms with Gasteiger partial charge in [-0.3, -0.25) is 0 Å². The molecule has 0 bridgehead atoms. The van der Waals surface area contributed by atoms with Crippen LogP contribution in [0.5, 0.6) is 11.5 Å². The predicted octanol–water partition coefficient (Wildman–Crippen LogP) is 4.12. The van der Waals surface area contributed by atoms with E-state index in [1.165, 1.54) is 0 Å². The Bertz CT molecular complexity index is 612. The molecule has 2 rings (SSSR count). The van der Waals surface area contributed by atoms with Gasteiger partial charge in [-0.25, -0.2) is 0 Å². The van der Waals surface area contributed by atoms with Crippen LogP contribution in [0.25, 0.3) is 0 Å². The van der Waals surface area contributed by atoms with Gasteiger partial charge in [0.2, 0.25) is 0 Å². The fourth-order valence-electron chi connectivity index (χ4n) is 2.09. The normalized spacial score (nSPS) is 10.2. The minimum absolute atomic E-state index is 0.603. The number of hydrogen-bond donors (Lipinski definition) is 2. The van der Waals surface area contributed by atoms with Gasteiger partial charge < -0.3 is 20.5 Å². The largest absolute Gasteiger partial charge is 0.494 e. The maximum absolute atomic E-state index is 6.06. The third kappa shape index (κ3) is 3.81. The maximum atomic E-state index is 6.06.